The van der Waals surface area contributed by atoms with E-state index in [4.69, 9.17) is 4.74 Å². The van der Waals surface area contributed by atoms with Crippen molar-refractivity contribution >= 4 is 5.91 Å². The second kappa shape index (κ2) is 5.91. The fourth-order valence-corrected chi connectivity index (χ4v) is 4.10. The molecule has 3 heterocycles. The topological polar surface area (TPSA) is 59.4 Å². The van der Waals surface area contributed by atoms with Crippen LogP contribution in [-0.2, 0) is 23.1 Å². The molecule has 1 aliphatic carbocycles. The molecule has 1 spiro atoms. The van der Waals surface area contributed by atoms with Crippen LogP contribution in [0, 0.1) is 11.3 Å². The van der Waals surface area contributed by atoms with E-state index in [2.05, 4.69) is 21.5 Å². The molecule has 1 N–H and O–H groups in total. The van der Waals surface area contributed by atoms with Gasteiger partial charge in [-0.1, -0.05) is 6.42 Å². The zero-order valence-corrected chi connectivity index (χ0v) is 13.8. The highest BCUT2D eigenvalue weighted by Gasteiger charge is 2.48. The number of nitrogens with zero attached hydrogens (tertiary/aromatic N) is 3. The van der Waals surface area contributed by atoms with Gasteiger partial charge in [-0.05, 0) is 19.3 Å². The number of aromatic nitrogens is 2. The van der Waals surface area contributed by atoms with Crippen LogP contribution in [0.3, 0.4) is 0 Å². The molecule has 4 rings (SSSR count). The summed E-state index contributed by atoms with van der Waals surface area (Å²) < 4.78 is 7.79. The van der Waals surface area contributed by atoms with Crippen molar-refractivity contribution in [3.8, 4) is 0 Å². The average molecular weight is 318 g/mol. The fourth-order valence-electron chi connectivity index (χ4n) is 4.10. The zero-order valence-electron chi connectivity index (χ0n) is 13.8. The number of likely N-dealkylation sites (tertiary alicyclic amines) is 1. The van der Waals surface area contributed by atoms with Crippen molar-refractivity contribution in [2.75, 3.05) is 26.2 Å². The van der Waals surface area contributed by atoms with Crippen molar-refractivity contribution in [1.29, 1.82) is 0 Å². The van der Waals surface area contributed by atoms with Crippen molar-refractivity contribution in [1.82, 2.24) is 20.0 Å². The monoisotopic (exact) mass is 318 g/mol. The molecule has 2 saturated heterocycles. The van der Waals surface area contributed by atoms with Gasteiger partial charge in [-0.2, -0.15) is 5.10 Å². The standard InChI is InChI=1S/C17H26N4O2/c1-20-8-13(6-19-20)9-21-10-17(11-21)5-15(23-12-17)7-18-16(22)14-3-2-4-14/h6,8,14-15H,2-5,7,9-12H2,1H3,(H,18,22)/t15-/m1/s1. The van der Waals surface area contributed by atoms with Gasteiger partial charge in [-0.15, -0.1) is 0 Å². The fraction of sp³-hybridized carbons (Fsp3) is 0.765. The minimum Gasteiger partial charge on any atom is -0.376 e. The number of rotatable bonds is 5. The van der Waals surface area contributed by atoms with Crippen molar-refractivity contribution in [3.63, 3.8) is 0 Å². The van der Waals surface area contributed by atoms with Gasteiger partial charge in [0.15, 0.2) is 0 Å². The van der Waals surface area contributed by atoms with Gasteiger partial charge in [0.05, 0.1) is 18.9 Å². The second-order valence-electron chi connectivity index (χ2n) is 7.68. The van der Waals surface area contributed by atoms with Crippen LogP contribution in [0.15, 0.2) is 12.4 Å². The normalized spacial score (nSPS) is 26.9. The molecule has 3 aliphatic rings. The first-order chi connectivity index (χ1) is 11.1. The number of carbonyl (C=O) groups excluding carboxylic acids is 1. The van der Waals surface area contributed by atoms with Gasteiger partial charge < -0.3 is 10.1 Å². The number of amides is 1. The molecule has 1 saturated carbocycles. The maximum Gasteiger partial charge on any atom is 0.223 e. The van der Waals surface area contributed by atoms with E-state index in [9.17, 15) is 4.79 Å². The summed E-state index contributed by atoms with van der Waals surface area (Å²) in [7, 11) is 1.95. The highest BCUT2D eigenvalue weighted by atomic mass is 16.5. The zero-order chi connectivity index (χ0) is 15.9. The molecule has 6 heteroatoms. The summed E-state index contributed by atoms with van der Waals surface area (Å²) in [6.45, 7) is 4.67. The van der Waals surface area contributed by atoms with Crippen molar-refractivity contribution in [2.45, 2.75) is 38.3 Å². The van der Waals surface area contributed by atoms with E-state index in [0.29, 0.717) is 12.0 Å². The Morgan fingerprint density at radius 3 is 2.96 bits per heavy atom. The summed E-state index contributed by atoms with van der Waals surface area (Å²) in [5.74, 6) is 0.497. The van der Waals surface area contributed by atoms with Crippen LogP contribution in [0.2, 0.25) is 0 Å². The maximum absolute atomic E-state index is 11.9. The van der Waals surface area contributed by atoms with Crippen LogP contribution < -0.4 is 5.32 Å². The Bertz CT molecular complexity index is 575. The van der Waals surface area contributed by atoms with Crippen molar-refractivity contribution < 1.29 is 9.53 Å². The Labute approximate surface area is 137 Å². The molecule has 0 unspecified atom stereocenters. The smallest absolute Gasteiger partial charge is 0.223 e. The number of nitrogens with one attached hydrogen (secondary N) is 1. The molecule has 1 aromatic heterocycles. The molecule has 23 heavy (non-hydrogen) atoms. The first-order valence-corrected chi connectivity index (χ1v) is 8.71. The van der Waals surface area contributed by atoms with Crippen LogP contribution in [0.5, 0.6) is 0 Å². The number of hydrogen-bond acceptors (Lipinski definition) is 4. The van der Waals surface area contributed by atoms with E-state index < -0.39 is 0 Å². The first kappa shape index (κ1) is 15.1. The summed E-state index contributed by atoms with van der Waals surface area (Å²) in [6, 6.07) is 0. The summed E-state index contributed by atoms with van der Waals surface area (Å²) in [5.41, 5.74) is 1.58. The lowest BCUT2D eigenvalue weighted by Gasteiger charge is -2.47. The molecule has 126 valence electrons. The molecular formula is C17H26N4O2. The third-order valence-electron chi connectivity index (χ3n) is 5.55. The van der Waals surface area contributed by atoms with E-state index in [0.717, 1.165) is 45.5 Å². The number of carbonyl (C=O) groups is 1. The average Bonchev–Trinajstić information content (AvgIpc) is 3.01. The molecule has 2 aliphatic heterocycles. The molecule has 1 atom stereocenters. The van der Waals surface area contributed by atoms with Crippen LogP contribution in [0.25, 0.3) is 0 Å². The second-order valence-corrected chi connectivity index (χ2v) is 7.68. The lowest BCUT2D eigenvalue weighted by Crippen LogP contribution is -2.56. The van der Waals surface area contributed by atoms with Gasteiger partial charge in [-0.3, -0.25) is 14.4 Å². The van der Waals surface area contributed by atoms with Gasteiger partial charge in [0.2, 0.25) is 5.91 Å². The summed E-state index contributed by atoms with van der Waals surface area (Å²) in [4.78, 5) is 14.4. The molecular weight excluding hydrogens is 292 g/mol. The van der Waals surface area contributed by atoms with E-state index >= 15 is 0 Å². The molecule has 0 bridgehead atoms. The lowest BCUT2D eigenvalue weighted by atomic mass is 9.77. The van der Waals surface area contributed by atoms with Crippen LogP contribution >= 0.6 is 0 Å². The predicted octanol–water partition coefficient (Wildman–Crippen LogP) is 0.927. The lowest BCUT2D eigenvalue weighted by molar-refractivity contribution is -0.127. The molecule has 1 amide bonds. The molecule has 1 aromatic rings. The number of aryl methyl sites for hydroxylation is 1. The Hall–Kier alpha value is -1.40. The molecule has 0 aromatic carbocycles. The van der Waals surface area contributed by atoms with Crippen molar-refractivity contribution in [2.24, 2.45) is 18.4 Å². The van der Waals surface area contributed by atoms with Crippen molar-refractivity contribution in [3.05, 3.63) is 18.0 Å². The van der Waals surface area contributed by atoms with E-state index in [-0.39, 0.29) is 17.9 Å². The Kier molecular flexibility index (Phi) is 3.89. The number of hydrogen-bond donors (Lipinski definition) is 1. The van der Waals surface area contributed by atoms with Crippen LogP contribution in [-0.4, -0.2) is 52.9 Å². The van der Waals surface area contributed by atoms with E-state index in [1.165, 1.54) is 12.0 Å². The third-order valence-corrected chi connectivity index (χ3v) is 5.55. The molecule has 6 nitrogen and oxygen atoms in total. The number of ether oxygens (including phenoxy) is 1. The van der Waals surface area contributed by atoms with Gasteiger partial charge in [0.1, 0.15) is 0 Å². The molecule has 3 fully saturated rings. The van der Waals surface area contributed by atoms with E-state index in [1.54, 1.807) is 0 Å². The van der Waals surface area contributed by atoms with E-state index in [1.807, 2.05) is 17.9 Å². The first-order valence-electron chi connectivity index (χ1n) is 8.71. The minimum atomic E-state index is 0.194. The van der Waals surface area contributed by atoms with Crippen LogP contribution in [0.1, 0.15) is 31.2 Å². The van der Waals surface area contributed by atoms with Gasteiger partial charge in [-0.25, -0.2) is 0 Å². The summed E-state index contributed by atoms with van der Waals surface area (Å²) in [5, 5.41) is 7.30. The Morgan fingerprint density at radius 1 is 1.48 bits per heavy atom. The largest absolute Gasteiger partial charge is 0.376 e. The summed E-state index contributed by atoms with van der Waals surface area (Å²) in [6.07, 6.45) is 8.61. The Morgan fingerprint density at radius 2 is 2.30 bits per heavy atom. The van der Waals surface area contributed by atoms with Gasteiger partial charge >= 0.3 is 0 Å². The maximum atomic E-state index is 11.9. The molecule has 0 radical (unpaired) electrons. The van der Waals surface area contributed by atoms with Crippen LogP contribution in [0.4, 0.5) is 0 Å². The Balaban J connectivity index is 1.19. The SMILES string of the molecule is Cn1cc(CN2CC3(CO[C@@H](CNC(=O)C4CCC4)C3)C2)cn1. The highest BCUT2D eigenvalue weighted by molar-refractivity contribution is 5.79. The minimum absolute atomic E-state index is 0.194. The van der Waals surface area contributed by atoms with Gasteiger partial charge in [0, 0.05) is 56.3 Å². The van der Waals surface area contributed by atoms with Gasteiger partial charge in [0.25, 0.3) is 0 Å². The summed E-state index contributed by atoms with van der Waals surface area (Å²) >= 11 is 0. The highest BCUT2D eigenvalue weighted by Crippen LogP contribution is 2.41. The third kappa shape index (κ3) is 3.15. The quantitative estimate of drug-likeness (QED) is 0.877. The predicted molar refractivity (Wildman–Crippen MR) is 85.6 cm³/mol.